The molecule has 0 fully saturated rings. The molecule has 110 valence electrons. The minimum absolute atomic E-state index is 0.170. The van der Waals surface area contributed by atoms with Crippen molar-refractivity contribution in [3.63, 3.8) is 0 Å². The number of aryl methyl sites for hydroxylation is 1. The Morgan fingerprint density at radius 1 is 1.14 bits per heavy atom. The third-order valence-electron chi connectivity index (χ3n) is 3.25. The molecule has 1 unspecified atom stereocenters. The van der Waals surface area contributed by atoms with Crippen LogP contribution in [0.25, 0.3) is 0 Å². The van der Waals surface area contributed by atoms with E-state index >= 15 is 0 Å². The molecule has 0 aliphatic heterocycles. The summed E-state index contributed by atoms with van der Waals surface area (Å²) in [5.74, 6) is 0.111. The Kier molecular flexibility index (Phi) is 5.85. The van der Waals surface area contributed by atoms with E-state index in [4.69, 9.17) is 16.7 Å². The molecule has 21 heavy (non-hydrogen) atoms. The number of carbonyl (C=O) groups excluding carboxylic acids is 1. The number of ketones is 1. The first-order valence-electron chi connectivity index (χ1n) is 6.68. The Balaban J connectivity index is 2.11. The molecule has 2 nitrogen and oxygen atoms in total. The first kappa shape index (κ1) is 16.1. The summed E-state index contributed by atoms with van der Waals surface area (Å²) in [4.78, 5) is 13.1. The quantitative estimate of drug-likeness (QED) is 0.815. The fourth-order valence-electron chi connectivity index (χ4n) is 1.99. The first-order chi connectivity index (χ1) is 10.1. The number of aliphatic hydroxyl groups excluding tert-OH is 1. The van der Waals surface area contributed by atoms with Crippen LogP contribution in [0.15, 0.2) is 53.4 Å². The van der Waals surface area contributed by atoms with Crippen LogP contribution in [0.4, 0.5) is 0 Å². The lowest BCUT2D eigenvalue weighted by Crippen LogP contribution is -2.18. The van der Waals surface area contributed by atoms with Crippen LogP contribution in [-0.2, 0) is 4.79 Å². The van der Waals surface area contributed by atoms with Crippen molar-refractivity contribution < 1.29 is 9.90 Å². The molecule has 2 rings (SSSR count). The molecule has 4 heteroatoms. The SMILES string of the molecule is Cc1ccc(SCC(C(=O)CO)c2ccc(Cl)cc2)cc1. The number of thioether (sulfide) groups is 1. The second-order valence-electron chi connectivity index (χ2n) is 4.85. The summed E-state index contributed by atoms with van der Waals surface area (Å²) in [6, 6.07) is 15.4. The molecule has 0 saturated carbocycles. The Hall–Kier alpha value is -1.29. The van der Waals surface area contributed by atoms with E-state index in [1.54, 1.807) is 23.9 Å². The Labute approximate surface area is 134 Å². The summed E-state index contributed by atoms with van der Waals surface area (Å²) in [6.07, 6.45) is 0. The van der Waals surface area contributed by atoms with Crippen LogP contribution in [0.1, 0.15) is 17.0 Å². The zero-order valence-corrected chi connectivity index (χ0v) is 13.3. The topological polar surface area (TPSA) is 37.3 Å². The van der Waals surface area contributed by atoms with Gasteiger partial charge in [0.25, 0.3) is 0 Å². The van der Waals surface area contributed by atoms with Gasteiger partial charge in [-0.15, -0.1) is 11.8 Å². The third kappa shape index (κ3) is 4.60. The van der Waals surface area contributed by atoms with E-state index in [0.717, 1.165) is 10.5 Å². The van der Waals surface area contributed by atoms with Crippen molar-refractivity contribution in [2.75, 3.05) is 12.4 Å². The monoisotopic (exact) mass is 320 g/mol. The summed E-state index contributed by atoms with van der Waals surface area (Å²) in [6.45, 7) is 1.60. The fraction of sp³-hybridized carbons (Fsp3) is 0.235. The van der Waals surface area contributed by atoms with Gasteiger partial charge in [-0.3, -0.25) is 4.79 Å². The number of Topliss-reactive ketones (excluding diaryl/α,β-unsaturated/α-hetero) is 1. The van der Waals surface area contributed by atoms with Crippen LogP contribution >= 0.6 is 23.4 Å². The molecule has 0 saturated heterocycles. The van der Waals surface area contributed by atoms with E-state index < -0.39 is 6.61 Å². The third-order valence-corrected chi connectivity index (χ3v) is 4.61. The van der Waals surface area contributed by atoms with Crippen molar-refractivity contribution in [1.29, 1.82) is 0 Å². The summed E-state index contributed by atoms with van der Waals surface area (Å²) in [7, 11) is 0. The smallest absolute Gasteiger partial charge is 0.166 e. The normalized spacial score (nSPS) is 12.1. The van der Waals surface area contributed by atoms with Gasteiger partial charge in [-0.1, -0.05) is 41.4 Å². The summed E-state index contributed by atoms with van der Waals surface area (Å²) in [5, 5.41) is 9.81. The summed E-state index contributed by atoms with van der Waals surface area (Å²) < 4.78 is 0. The molecule has 0 spiro atoms. The molecule has 0 aliphatic carbocycles. The number of hydrogen-bond donors (Lipinski definition) is 1. The van der Waals surface area contributed by atoms with Crippen molar-refractivity contribution in [3.05, 3.63) is 64.7 Å². The van der Waals surface area contributed by atoms with Crippen molar-refractivity contribution in [1.82, 2.24) is 0 Å². The highest BCUT2D eigenvalue weighted by Gasteiger charge is 2.20. The molecule has 1 N–H and O–H groups in total. The molecule has 0 aromatic heterocycles. The lowest BCUT2D eigenvalue weighted by Gasteiger charge is -2.15. The highest BCUT2D eigenvalue weighted by molar-refractivity contribution is 7.99. The molecule has 0 aliphatic rings. The largest absolute Gasteiger partial charge is 0.389 e. The predicted molar refractivity (Wildman–Crippen MR) is 88.2 cm³/mol. The molecular weight excluding hydrogens is 304 g/mol. The minimum atomic E-state index is -0.443. The van der Waals surface area contributed by atoms with Crippen molar-refractivity contribution in [2.24, 2.45) is 0 Å². The summed E-state index contributed by atoms with van der Waals surface area (Å²) in [5.41, 5.74) is 2.10. The van der Waals surface area contributed by atoms with Gasteiger partial charge in [0, 0.05) is 15.7 Å². The van der Waals surface area contributed by atoms with Gasteiger partial charge in [-0.2, -0.15) is 0 Å². The molecule has 0 heterocycles. The van der Waals surface area contributed by atoms with Gasteiger partial charge < -0.3 is 5.11 Å². The number of hydrogen-bond acceptors (Lipinski definition) is 3. The van der Waals surface area contributed by atoms with E-state index in [1.165, 1.54) is 5.56 Å². The van der Waals surface area contributed by atoms with Crippen LogP contribution in [0.3, 0.4) is 0 Å². The van der Waals surface area contributed by atoms with Gasteiger partial charge >= 0.3 is 0 Å². The van der Waals surface area contributed by atoms with E-state index in [9.17, 15) is 4.79 Å². The van der Waals surface area contributed by atoms with Gasteiger partial charge in [0.1, 0.15) is 6.61 Å². The van der Waals surface area contributed by atoms with Crippen LogP contribution in [0.2, 0.25) is 5.02 Å². The Morgan fingerprint density at radius 2 is 1.76 bits per heavy atom. The summed E-state index contributed by atoms with van der Waals surface area (Å²) >= 11 is 7.49. The van der Waals surface area contributed by atoms with Gasteiger partial charge in [-0.05, 0) is 36.8 Å². The second-order valence-corrected chi connectivity index (χ2v) is 6.38. The van der Waals surface area contributed by atoms with Gasteiger partial charge in [0.05, 0.1) is 5.92 Å². The maximum atomic E-state index is 12.0. The minimum Gasteiger partial charge on any atom is -0.389 e. The highest BCUT2D eigenvalue weighted by Crippen LogP contribution is 2.28. The molecule has 0 bridgehead atoms. The fourth-order valence-corrected chi connectivity index (χ4v) is 3.19. The maximum Gasteiger partial charge on any atom is 0.166 e. The zero-order valence-electron chi connectivity index (χ0n) is 11.8. The van der Waals surface area contributed by atoms with Gasteiger partial charge in [0.2, 0.25) is 0 Å². The molecule has 0 amide bonds. The van der Waals surface area contributed by atoms with Crippen molar-refractivity contribution in [2.45, 2.75) is 17.7 Å². The number of benzene rings is 2. The zero-order chi connectivity index (χ0) is 15.2. The number of aliphatic hydroxyl groups is 1. The van der Waals surface area contributed by atoms with Gasteiger partial charge in [-0.25, -0.2) is 0 Å². The first-order valence-corrected chi connectivity index (χ1v) is 8.05. The second kappa shape index (κ2) is 7.64. The van der Waals surface area contributed by atoms with E-state index in [0.29, 0.717) is 10.8 Å². The molecular formula is C17H17ClO2S. The van der Waals surface area contributed by atoms with Crippen LogP contribution < -0.4 is 0 Å². The lowest BCUT2D eigenvalue weighted by molar-refractivity contribution is -0.122. The van der Waals surface area contributed by atoms with Crippen molar-refractivity contribution >= 4 is 29.1 Å². The standard InChI is InChI=1S/C17H17ClO2S/c1-12-2-8-15(9-3-12)21-11-16(17(20)10-19)13-4-6-14(18)7-5-13/h2-9,16,19H,10-11H2,1H3. The van der Waals surface area contributed by atoms with E-state index in [2.05, 4.69) is 0 Å². The average molecular weight is 321 g/mol. The van der Waals surface area contributed by atoms with E-state index in [-0.39, 0.29) is 11.7 Å². The van der Waals surface area contributed by atoms with Crippen LogP contribution in [0, 0.1) is 6.92 Å². The number of carbonyl (C=O) groups is 1. The highest BCUT2D eigenvalue weighted by atomic mass is 35.5. The van der Waals surface area contributed by atoms with E-state index in [1.807, 2.05) is 43.3 Å². The maximum absolute atomic E-state index is 12.0. The van der Waals surface area contributed by atoms with Gasteiger partial charge in [0.15, 0.2) is 5.78 Å². The molecule has 0 radical (unpaired) electrons. The Morgan fingerprint density at radius 3 is 2.33 bits per heavy atom. The van der Waals surface area contributed by atoms with Crippen LogP contribution in [-0.4, -0.2) is 23.2 Å². The molecule has 1 atom stereocenters. The predicted octanol–water partition coefficient (Wildman–Crippen LogP) is 4.09. The van der Waals surface area contributed by atoms with Crippen molar-refractivity contribution in [3.8, 4) is 0 Å². The average Bonchev–Trinajstić information content (AvgIpc) is 2.50. The lowest BCUT2D eigenvalue weighted by atomic mass is 9.97. The number of halogens is 1. The molecule has 2 aromatic rings. The molecule has 2 aromatic carbocycles. The van der Waals surface area contributed by atoms with Crippen LogP contribution in [0.5, 0.6) is 0 Å². The Bertz CT molecular complexity index is 593. The number of rotatable bonds is 6.